The predicted octanol–water partition coefficient (Wildman–Crippen LogP) is 1.46. The Morgan fingerprint density at radius 1 is 0.810 bits per heavy atom. The number of aliphatic carboxylic acids is 2. The van der Waals surface area contributed by atoms with Crippen molar-refractivity contribution in [1.29, 1.82) is 0 Å². The molecule has 0 fully saturated rings. The van der Waals surface area contributed by atoms with Gasteiger partial charge in [-0.3, -0.25) is 0 Å². The van der Waals surface area contributed by atoms with E-state index in [1.165, 1.54) is 57.8 Å². The Morgan fingerprint density at radius 2 is 1.14 bits per heavy atom. The van der Waals surface area contributed by atoms with Crippen LogP contribution in [0.25, 0.3) is 0 Å². The minimum atomic E-state index is -1.26. The third-order valence-corrected chi connectivity index (χ3v) is 2.72. The standard InChI is InChI=1S/C12H25.C4H4O4.Na/c1-3-5-7-9-11-12-10-8-6-4-2;5-3(6)1-2-4(7)8;/h1,3-12H2,2H3;1-2H,(H,5,6)(H,7,8);/q-1;;+1/b;2-1-;. The second kappa shape index (κ2) is 22.0. The van der Waals surface area contributed by atoms with Crippen LogP contribution in [0.5, 0.6) is 0 Å². The molecule has 2 N–H and O–H groups in total. The van der Waals surface area contributed by atoms with Crippen molar-refractivity contribution in [2.45, 2.75) is 71.1 Å². The number of carbonyl (C=O) groups is 2. The van der Waals surface area contributed by atoms with Crippen molar-refractivity contribution in [3.05, 3.63) is 19.1 Å². The molecule has 5 heteroatoms. The zero-order chi connectivity index (χ0) is 15.6. The number of hydrogen-bond donors (Lipinski definition) is 2. The molecule has 0 atom stereocenters. The van der Waals surface area contributed by atoms with Gasteiger partial charge in [0, 0.05) is 12.2 Å². The first-order chi connectivity index (χ1) is 9.54. The summed E-state index contributed by atoms with van der Waals surface area (Å²) in [6, 6.07) is 0. The van der Waals surface area contributed by atoms with E-state index in [4.69, 9.17) is 10.2 Å². The van der Waals surface area contributed by atoms with Crippen molar-refractivity contribution in [2.24, 2.45) is 0 Å². The maximum absolute atomic E-state index is 9.55. The molecule has 0 rings (SSSR count). The van der Waals surface area contributed by atoms with Gasteiger partial charge in [0.25, 0.3) is 0 Å². The van der Waals surface area contributed by atoms with E-state index in [1.807, 2.05) is 0 Å². The van der Waals surface area contributed by atoms with Gasteiger partial charge in [-0.05, 0) is 0 Å². The monoisotopic (exact) mass is 308 g/mol. The molecule has 0 unspecified atom stereocenters. The molecule has 0 saturated carbocycles. The van der Waals surface area contributed by atoms with E-state index >= 15 is 0 Å². The van der Waals surface area contributed by atoms with Gasteiger partial charge in [0.15, 0.2) is 0 Å². The summed E-state index contributed by atoms with van der Waals surface area (Å²) in [7, 11) is 0. The summed E-state index contributed by atoms with van der Waals surface area (Å²) < 4.78 is 0. The second-order valence-corrected chi connectivity index (χ2v) is 4.69. The van der Waals surface area contributed by atoms with Gasteiger partial charge in [-0.2, -0.15) is 6.42 Å². The molecule has 0 heterocycles. The van der Waals surface area contributed by atoms with Crippen LogP contribution >= 0.6 is 0 Å². The van der Waals surface area contributed by atoms with Crippen molar-refractivity contribution in [1.82, 2.24) is 0 Å². The second-order valence-electron chi connectivity index (χ2n) is 4.69. The van der Waals surface area contributed by atoms with Crippen LogP contribution in [0.15, 0.2) is 12.2 Å². The van der Waals surface area contributed by atoms with Gasteiger partial charge in [0.05, 0.1) is 0 Å². The van der Waals surface area contributed by atoms with E-state index in [1.54, 1.807) is 0 Å². The molecule has 118 valence electrons. The molecule has 0 spiro atoms. The third kappa shape index (κ3) is 32.9. The van der Waals surface area contributed by atoms with Crippen molar-refractivity contribution in [3.8, 4) is 0 Å². The van der Waals surface area contributed by atoms with Crippen LogP contribution in [0.1, 0.15) is 71.1 Å². The van der Waals surface area contributed by atoms with Gasteiger partial charge in [-0.25, -0.2) is 9.59 Å². The molecule has 0 aliphatic rings. The fraction of sp³-hybridized carbons (Fsp3) is 0.688. The van der Waals surface area contributed by atoms with Crippen LogP contribution in [0.2, 0.25) is 0 Å². The molecule has 0 aromatic heterocycles. The molecule has 0 bridgehead atoms. The SMILES string of the molecule is O=C(O)/C=C\C(=O)O.[CH2-]CCCCCCCCCCC.[Na+]. The summed E-state index contributed by atoms with van der Waals surface area (Å²) in [4.78, 5) is 19.1. The topological polar surface area (TPSA) is 74.6 Å². The summed E-state index contributed by atoms with van der Waals surface area (Å²) in [5, 5.41) is 15.6. The molecule has 0 radical (unpaired) electrons. The molecular formula is C16H29NaO4. The van der Waals surface area contributed by atoms with Crippen LogP contribution in [-0.2, 0) is 9.59 Å². The van der Waals surface area contributed by atoms with Crippen LogP contribution in [0, 0.1) is 6.92 Å². The largest absolute Gasteiger partial charge is 1.00 e. The van der Waals surface area contributed by atoms with E-state index in [9.17, 15) is 9.59 Å². The van der Waals surface area contributed by atoms with E-state index in [0.717, 1.165) is 6.42 Å². The molecular weight excluding hydrogens is 279 g/mol. The third-order valence-electron chi connectivity index (χ3n) is 2.72. The molecule has 21 heavy (non-hydrogen) atoms. The maximum atomic E-state index is 9.55. The van der Waals surface area contributed by atoms with E-state index in [0.29, 0.717) is 12.2 Å². The van der Waals surface area contributed by atoms with E-state index in [-0.39, 0.29) is 29.6 Å². The van der Waals surface area contributed by atoms with Crippen molar-refractivity contribution in [3.63, 3.8) is 0 Å². The van der Waals surface area contributed by atoms with E-state index < -0.39 is 11.9 Å². The Hall–Kier alpha value is -0.320. The number of rotatable bonds is 11. The number of hydrogen-bond acceptors (Lipinski definition) is 2. The van der Waals surface area contributed by atoms with Crippen LogP contribution in [0.3, 0.4) is 0 Å². The molecule has 0 aromatic rings. The van der Waals surface area contributed by atoms with Crippen LogP contribution < -0.4 is 29.6 Å². The first-order valence-electron chi connectivity index (χ1n) is 7.47. The normalized spacial score (nSPS) is 9.62. The zero-order valence-corrected chi connectivity index (χ0v) is 15.6. The fourth-order valence-electron chi connectivity index (χ4n) is 1.63. The van der Waals surface area contributed by atoms with Gasteiger partial charge in [-0.1, -0.05) is 64.7 Å². The molecule has 0 amide bonds. The average molecular weight is 308 g/mol. The minimum absolute atomic E-state index is 0. The van der Waals surface area contributed by atoms with Crippen LogP contribution in [0.4, 0.5) is 0 Å². The first-order valence-corrected chi connectivity index (χ1v) is 7.47. The predicted molar refractivity (Wildman–Crippen MR) is 81.6 cm³/mol. The zero-order valence-electron chi connectivity index (χ0n) is 13.6. The fourth-order valence-corrected chi connectivity index (χ4v) is 1.63. The Balaban J connectivity index is -0.000000317. The number of unbranched alkanes of at least 4 members (excludes halogenated alkanes) is 9. The van der Waals surface area contributed by atoms with E-state index in [2.05, 4.69) is 13.8 Å². The molecule has 4 nitrogen and oxygen atoms in total. The average Bonchev–Trinajstić information content (AvgIpc) is 2.40. The first kappa shape index (κ1) is 25.6. The summed E-state index contributed by atoms with van der Waals surface area (Å²) in [5.41, 5.74) is 0. The Bertz CT molecular complexity index is 239. The molecule has 0 aliphatic carbocycles. The summed E-state index contributed by atoms with van der Waals surface area (Å²) in [6.45, 7) is 6.12. The molecule has 0 saturated heterocycles. The maximum Gasteiger partial charge on any atom is 1.00 e. The Kier molecular flexibility index (Phi) is 26.8. The van der Waals surface area contributed by atoms with Crippen molar-refractivity contribution < 1.29 is 49.4 Å². The van der Waals surface area contributed by atoms with Gasteiger partial charge >= 0.3 is 41.5 Å². The van der Waals surface area contributed by atoms with Crippen molar-refractivity contribution in [2.75, 3.05) is 0 Å². The van der Waals surface area contributed by atoms with Gasteiger partial charge in [0.1, 0.15) is 0 Å². The summed E-state index contributed by atoms with van der Waals surface area (Å²) >= 11 is 0. The number of carboxylic acid groups (broad SMARTS) is 2. The minimum Gasteiger partial charge on any atom is -0.478 e. The molecule has 0 aliphatic heterocycles. The van der Waals surface area contributed by atoms with Crippen molar-refractivity contribution >= 4 is 11.9 Å². The van der Waals surface area contributed by atoms with Gasteiger partial charge < -0.3 is 17.1 Å². The summed E-state index contributed by atoms with van der Waals surface area (Å²) in [6.07, 6.45) is 15.0. The van der Waals surface area contributed by atoms with Gasteiger partial charge in [-0.15, -0.1) is 0 Å². The number of carboxylic acids is 2. The van der Waals surface area contributed by atoms with Crippen LogP contribution in [-0.4, -0.2) is 22.2 Å². The molecule has 0 aromatic carbocycles. The quantitative estimate of drug-likeness (QED) is 0.262. The Labute approximate surface area is 151 Å². The summed E-state index contributed by atoms with van der Waals surface area (Å²) in [5.74, 6) is -2.51. The smallest absolute Gasteiger partial charge is 0.478 e. The van der Waals surface area contributed by atoms with Gasteiger partial charge in [0.2, 0.25) is 0 Å². The Morgan fingerprint density at radius 3 is 1.43 bits per heavy atom.